The molecule has 0 aliphatic carbocycles. The lowest BCUT2D eigenvalue weighted by Crippen LogP contribution is -2.16. The van der Waals surface area contributed by atoms with Crippen molar-refractivity contribution in [2.45, 2.75) is 11.8 Å². The van der Waals surface area contributed by atoms with Crippen molar-refractivity contribution in [3.8, 4) is 6.07 Å². The van der Waals surface area contributed by atoms with Gasteiger partial charge in [-0.25, -0.2) is 12.8 Å². The Balaban J connectivity index is 2.44. The molecule has 0 aliphatic rings. The number of hydrogen-bond donors (Lipinski definition) is 1. The second-order valence-corrected chi connectivity index (χ2v) is 5.84. The lowest BCUT2D eigenvalue weighted by Gasteiger charge is -2.09. The van der Waals surface area contributed by atoms with Gasteiger partial charge in [0.05, 0.1) is 11.1 Å². The predicted molar refractivity (Wildman–Crippen MR) is 69.9 cm³/mol. The molecule has 8 heteroatoms. The molecule has 0 fully saturated rings. The van der Waals surface area contributed by atoms with Crippen molar-refractivity contribution in [3.05, 3.63) is 41.3 Å². The Morgan fingerprint density at radius 2 is 2.15 bits per heavy atom. The van der Waals surface area contributed by atoms with Gasteiger partial charge < -0.3 is 0 Å². The maximum Gasteiger partial charge on any atom is 0.263 e. The van der Waals surface area contributed by atoms with Crippen LogP contribution in [0, 0.1) is 24.1 Å². The van der Waals surface area contributed by atoms with Gasteiger partial charge in [-0.2, -0.15) is 10.4 Å². The van der Waals surface area contributed by atoms with Crippen LogP contribution < -0.4 is 4.72 Å². The average molecular weight is 294 g/mol. The number of nitrogens with one attached hydrogen (secondary N) is 1. The molecule has 0 saturated carbocycles. The van der Waals surface area contributed by atoms with Crippen LogP contribution in [-0.2, 0) is 17.1 Å². The van der Waals surface area contributed by atoms with E-state index in [4.69, 9.17) is 5.26 Å². The zero-order valence-corrected chi connectivity index (χ0v) is 11.6. The van der Waals surface area contributed by atoms with Crippen LogP contribution >= 0.6 is 0 Å². The summed E-state index contributed by atoms with van der Waals surface area (Å²) in [5.74, 6) is -0.420. The number of hydrogen-bond acceptors (Lipinski definition) is 4. The summed E-state index contributed by atoms with van der Waals surface area (Å²) in [5.41, 5.74) is 0.327. The van der Waals surface area contributed by atoms with Crippen LogP contribution in [0.4, 0.5) is 10.2 Å². The Morgan fingerprint density at radius 1 is 1.45 bits per heavy atom. The average Bonchev–Trinajstić information content (AvgIpc) is 2.73. The van der Waals surface area contributed by atoms with E-state index in [-0.39, 0.29) is 21.8 Å². The molecule has 0 amide bonds. The maximum atomic E-state index is 13.2. The molecule has 0 aliphatic heterocycles. The topological polar surface area (TPSA) is 87.8 Å². The SMILES string of the molecule is Cc1cc(S(=O)(=O)Nc2c(C#N)cnn2C)ccc1F. The highest BCUT2D eigenvalue weighted by atomic mass is 32.2. The Labute approximate surface area is 115 Å². The second kappa shape index (κ2) is 4.94. The van der Waals surface area contributed by atoms with Gasteiger partial charge in [-0.1, -0.05) is 0 Å². The highest BCUT2D eigenvalue weighted by Gasteiger charge is 2.19. The fourth-order valence-electron chi connectivity index (χ4n) is 1.61. The Morgan fingerprint density at radius 3 is 2.75 bits per heavy atom. The third-order valence-electron chi connectivity index (χ3n) is 2.73. The van der Waals surface area contributed by atoms with Crippen molar-refractivity contribution in [2.75, 3.05) is 4.72 Å². The summed E-state index contributed by atoms with van der Waals surface area (Å²) in [5, 5.41) is 12.7. The first-order valence-corrected chi connectivity index (χ1v) is 7.04. The van der Waals surface area contributed by atoms with Crippen LogP contribution in [0.5, 0.6) is 0 Å². The van der Waals surface area contributed by atoms with Crippen LogP contribution in [-0.4, -0.2) is 18.2 Å². The van der Waals surface area contributed by atoms with E-state index in [1.807, 2.05) is 6.07 Å². The van der Waals surface area contributed by atoms with Crippen molar-refractivity contribution in [1.82, 2.24) is 9.78 Å². The molecule has 0 spiro atoms. The molecule has 1 aromatic heterocycles. The van der Waals surface area contributed by atoms with E-state index in [0.29, 0.717) is 0 Å². The highest BCUT2D eigenvalue weighted by molar-refractivity contribution is 7.92. The summed E-state index contributed by atoms with van der Waals surface area (Å²) in [6, 6.07) is 5.30. The van der Waals surface area contributed by atoms with E-state index in [2.05, 4.69) is 9.82 Å². The fraction of sp³-hybridized carbons (Fsp3) is 0.167. The third-order valence-corrected chi connectivity index (χ3v) is 4.07. The lowest BCUT2D eigenvalue weighted by molar-refractivity contribution is 0.597. The van der Waals surface area contributed by atoms with Crippen LogP contribution in [0.15, 0.2) is 29.3 Å². The van der Waals surface area contributed by atoms with Crippen molar-refractivity contribution in [2.24, 2.45) is 7.05 Å². The quantitative estimate of drug-likeness (QED) is 0.930. The monoisotopic (exact) mass is 294 g/mol. The van der Waals surface area contributed by atoms with Gasteiger partial charge in [-0.15, -0.1) is 0 Å². The second-order valence-electron chi connectivity index (χ2n) is 4.16. The summed E-state index contributed by atoms with van der Waals surface area (Å²) < 4.78 is 41.1. The van der Waals surface area contributed by atoms with Crippen molar-refractivity contribution >= 4 is 15.8 Å². The summed E-state index contributed by atoms with van der Waals surface area (Å²) in [6.45, 7) is 1.47. The maximum absolute atomic E-state index is 13.2. The zero-order chi connectivity index (χ0) is 14.9. The van der Waals surface area contributed by atoms with Crippen molar-refractivity contribution in [1.29, 1.82) is 5.26 Å². The molecule has 0 atom stereocenters. The van der Waals surface area contributed by atoms with E-state index in [9.17, 15) is 12.8 Å². The smallest absolute Gasteiger partial charge is 0.262 e. The first kappa shape index (κ1) is 14.0. The zero-order valence-electron chi connectivity index (χ0n) is 10.8. The Bertz CT molecular complexity index is 805. The molecule has 1 aromatic carbocycles. The molecule has 1 N–H and O–H groups in total. The Kier molecular flexibility index (Phi) is 3.46. The summed E-state index contributed by atoms with van der Waals surface area (Å²) in [7, 11) is -2.40. The molecule has 6 nitrogen and oxygen atoms in total. The van der Waals surface area contributed by atoms with Gasteiger partial charge in [0, 0.05) is 7.05 Å². The molecule has 0 radical (unpaired) electrons. The van der Waals surface area contributed by atoms with Crippen LogP contribution in [0.1, 0.15) is 11.1 Å². The largest absolute Gasteiger partial charge is 0.263 e. The van der Waals surface area contributed by atoms with Crippen molar-refractivity contribution < 1.29 is 12.8 Å². The number of aromatic nitrogens is 2. The first-order valence-electron chi connectivity index (χ1n) is 5.56. The van der Waals surface area contributed by atoms with Gasteiger partial charge in [0.1, 0.15) is 17.4 Å². The van der Waals surface area contributed by atoms with Gasteiger partial charge in [0.25, 0.3) is 10.0 Å². The van der Waals surface area contributed by atoms with E-state index in [1.165, 1.54) is 30.9 Å². The number of sulfonamides is 1. The number of nitriles is 1. The fourth-order valence-corrected chi connectivity index (χ4v) is 2.80. The molecule has 104 valence electrons. The predicted octanol–water partition coefficient (Wildman–Crippen LogP) is 1.54. The van der Waals surface area contributed by atoms with Gasteiger partial charge >= 0.3 is 0 Å². The number of halogens is 1. The standard InChI is InChI=1S/C12H11FN4O2S/c1-8-5-10(3-4-11(8)13)20(18,19)16-12-9(6-14)7-15-17(12)2/h3-5,7,16H,1-2H3. The molecule has 0 bridgehead atoms. The minimum Gasteiger partial charge on any atom is -0.262 e. The van der Waals surface area contributed by atoms with Crippen LogP contribution in [0.25, 0.3) is 0 Å². The van der Waals surface area contributed by atoms with E-state index >= 15 is 0 Å². The Hall–Kier alpha value is -2.40. The number of anilines is 1. The molecular weight excluding hydrogens is 283 g/mol. The number of benzene rings is 1. The third kappa shape index (κ3) is 2.48. The first-order chi connectivity index (χ1) is 9.35. The minimum atomic E-state index is -3.91. The number of nitrogens with zero attached hydrogens (tertiary/aromatic N) is 3. The number of rotatable bonds is 3. The van der Waals surface area contributed by atoms with Gasteiger partial charge in [-0.05, 0) is 30.7 Å². The highest BCUT2D eigenvalue weighted by Crippen LogP contribution is 2.20. The van der Waals surface area contributed by atoms with Gasteiger partial charge in [-0.3, -0.25) is 9.40 Å². The summed E-state index contributed by atoms with van der Waals surface area (Å²) in [4.78, 5) is -0.0820. The molecule has 0 unspecified atom stereocenters. The van der Waals surface area contributed by atoms with Gasteiger partial charge in [0.15, 0.2) is 5.82 Å². The molecule has 1 heterocycles. The van der Waals surface area contributed by atoms with Crippen molar-refractivity contribution in [3.63, 3.8) is 0 Å². The van der Waals surface area contributed by atoms with E-state index < -0.39 is 15.8 Å². The summed E-state index contributed by atoms with van der Waals surface area (Å²) >= 11 is 0. The van der Waals surface area contributed by atoms with Crippen LogP contribution in [0.2, 0.25) is 0 Å². The van der Waals surface area contributed by atoms with Crippen LogP contribution in [0.3, 0.4) is 0 Å². The van der Waals surface area contributed by atoms with E-state index in [1.54, 1.807) is 0 Å². The van der Waals surface area contributed by atoms with E-state index in [0.717, 1.165) is 12.1 Å². The number of aryl methyl sites for hydroxylation is 2. The summed E-state index contributed by atoms with van der Waals surface area (Å²) in [6.07, 6.45) is 1.26. The minimum absolute atomic E-state index is 0.0643. The lowest BCUT2D eigenvalue weighted by atomic mass is 10.2. The molecule has 2 aromatic rings. The molecule has 0 saturated heterocycles. The molecular formula is C12H11FN4O2S. The normalized spacial score (nSPS) is 11.1. The van der Waals surface area contributed by atoms with Gasteiger partial charge in [0.2, 0.25) is 0 Å². The molecule has 2 rings (SSSR count). The molecule has 20 heavy (non-hydrogen) atoms.